The zero-order valence-electron chi connectivity index (χ0n) is 9.46. The van der Waals surface area contributed by atoms with Crippen LogP contribution in [0.25, 0.3) is 0 Å². The van der Waals surface area contributed by atoms with E-state index in [1.165, 1.54) is 6.07 Å². The largest absolute Gasteiger partial charge is 0.493 e. The van der Waals surface area contributed by atoms with Crippen LogP contribution in [0, 0.1) is 11.7 Å². The van der Waals surface area contributed by atoms with E-state index in [4.69, 9.17) is 10.5 Å². The quantitative estimate of drug-likeness (QED) is 0.831. The summed E-state index contributed by atoms with van der Waals surface area (Å²) in [6, 6.07) is 4.44. The van der Waals surface area contributed by atoms with Crippen molar-refractivity contribution in [1.82, 2.24) is 0 Å². The zero-order valence-corrected chi connectivity index (χ0v) is 9.46. The van der Waals surface area contributed by atoms with Crippen molar-refractivity contribution in [1.29, 1.82) is 0 Å². The highest BCUT2D eigenvalue weighted by molar-refractivity contribution is 5.36. The Balaban J connectivity index is 2.91. The highest BCUT2D eigenvalue weighted by Gasteiger charge is 2.13. The van der Waals surface area contributed by atoms with Gasteiger partial charge in [-0.15, -0.1) is 0 Å². The van der Waals surface area contributed by atoms with Gasteiger partial charge in [0.2, 0.25) is 0 Å². The molecule has 0 aromatic heterocycles. The Morgan fingerprint density at radius 3 is 2.53 bits per heavy atom. The lowest BCUT2D eigenvalue weighted by Gasteiger charge is -2.15. The van der Waals surface area contributed by atoms with Crippen LogP contribution in [0.3, 0.4) is 0 Å². The third kappa shape index (κ3) is 3.20. The highest BCUT2D eigenvalue weighted by Crippen LogP contribution is 2.26. The fraction of sp³-hybridized carbons (Fsp3) is 0.500. The van der Waals surface area contributed by atoms with E-state index >= 15 is 0 Å². The summed E-state index contributed by atoms with van der Waals surface area (Å²) in [4.78, 5) is 0. The predicted octanol–water partition coefficient (Wildman–Crippen LogP) is 2.88. The second kappa shape index (κ2) is 5.12. The van der Waals surface area contributed by atoms with Gasteiger partial charge in [0.15, 0.2) is 0 Å². The Morgan fingerprint density at radius 2 is 2.00 bits per heavy atom. The van der Waals surface area contributed by atoms with Crippen LogP contribution in [-0.2, 0) is 0 Å². The molecule has 0 fully saturated rings. The highest BCUT2D eigenvalue weighted by atomic mass is 19.1. The van der Waals surface area contributed by atoms with E-state index in [9.17, 15) is 4.39 Å². The molecule has 0 heterocycles. The van der Waals surface area contributed by atoms with Crippen molar-refractivity contribution >= 4 is 0 Å². The van der Waals surface area contributed by atoms with Gasteiger partial charge in [0.1, 0.15) is 11.6 Å². The van der Waals surface area contributed by atoms with E-state index in [0.717, 1.165) is 0 Å². The number of hydrogen-bond acceptors (Lipinski definition) is 2. The Labute approximate surface area is 90.2 Å². The van der Waals surface area contributed by atoms with Crippen molar-refractivity contribution < 1.29 is 9.13 Å². The molecule has 1 aromatic rings. The summed E-state index contributed by atoms with van der Waals surface area (Å²) >= 11 is 0. The van der Waals surface area contributed by atoms with Gasteiger partial charge in [-0.2, -0.15) is 0 Å². The third-order valence-corrected chi connectivity index (χ3v) is 2.04. The molecule has 3 heteroatoms. The van der Waals surface area contributed by atoms with E-state index in [1.54, 1.807) is 19.1 Å². The average molecular weight is 211 g/mol. The zero-order chi connectivity index (χ0) is 11.4. The van der Waals surface area contributed by atoms with Gasteiger partial charge in [0.05, 0.1) is 6.61 Å². The van der Waals surface area contributed by atoms with Crippen LogP contribution in [0.5, 0.6) is 5.75 Å². The summed E-state index contributed by atoms with van der Waals surface area (Å²) in [5.74, 6) is 0.666. The fourth-order valence-corrected chi connectivity index (χ4v) is 1.34. The maximum atomic E-state index is 13.5. The van der Waals surface area contributed by atoms with Crippen molar-refractivity contribution in [2.75, 3.05) is 6.61 Å². The first kappa shape index (κ1) is 12.0. The summed E-state index contributed by atoms with van der Waals surface area (Å²) in [5, 5.41) is 0. The summed E-state index contributed by atoms with van der Waals surface area (Å²) in [7, 11) is 0. The lowest BCUT2D eigenvalue weighted by atomic mass is 10.1. The van der Waals surface area contributed by atoms with Crippen molar-refractivity contribution in [3.05, 3.63) is 29.6 Å². The number of benzene rings is 1. The van der Waals surface area contributed by atoms with Crippen molar-refractivity contribution in [3.63, 3.8) is 0 Å². The van der Waals surface area contributed by atoms with Gasteiger partial charge in [0.25, 0.3) is 0 Å². The standard InChI is InChI=1S/C12H18FNO/c1-8(2)7-15-11-6-4-5-10(13)12(11)9(3)14/h4-6,8-9H,7,14H2,1-3H3/t9-/m1/s1. The molecule has 0 aliphatic rings. The van der Waals surface area contributed by atoms with Crippen LogP contribution in [0.15, 0.2) is 18.2 Å². The van der Waals surface area contributed by atoms with E-state index < -0.39 is 0 Å². The van der Waals surface area contributed by atoms with Gasteiger partial charge >= 0.3 is 0 Å². The third-order valence-electron chi connectivity index (χ3n) is 2.04. The summed E-state index contributed by atoms with van der Waals surface area (Å²) in [6.07, 6.45) is 0. The van der Waals surface area contributed by atoms with Crippen molar-refractivity contribution in [3.8, 4) is 5.75 Å². The molecule has 15 heavy (non-hydrogen) atoms. The predicted molar refractivity (Wildman–Crippen MR) is 59.3 cm³/mol. The number of halogens is 1. The van der Waals surface area contributed by atoms with Crippen LogP contribution in [0.2, 0.25) is 0 Å². The van der Waals surface area contributed by atoms with Crippen molar-refractivity contribution in [2.24, 2.45) is 11.7 Å². The smallest absolute Gasteiger partial charge is 0.131 e. The molecular formula is C12H18FNO. The minimum absolute atomic E-state index is 0.300. The molecule has 0 saturated heterocycles. The molecule has 0 aliphatic carbocycles. The lowest BCUT2D eigenvalue weighted by Crippen LogP contribution is -2.12. The minimum Gasteiger partial charge on any atom is -0.493 e. The summed E-state index contributed by atoms with van der Waals surface area (Å²) in [6.45, 7) is 6.42. The Kier molecular flexibility index (Phi) is 4.09. The lowest BCUT2D eigenvalue weighted by molar-refractivity contribution is 0.266. The maximum Gasteiger partial charge on any atom is 0.131 e. The van der Waals surface area contributed by atoms with E-state index in [2.05, 4.69) is 0 Å². The SMILES string of the molecule is CC(C)COc1cccc(F)c1[C@@H](C)N. The van der Waals surface area contributed by atoms with Crippen LogP contribution in [0.4, 0.5) is 4.39 Å². The van der Waals surface area contributed by atoms with Crippen LogP contribution in [-0.4, -0.2) is 6.61 Å². The van der Waals surface area contributed by atoms with Gasteiger partial charge < -0.3 is 10.5 Å². The van der Waals surface area contributed by atoms with Gasteiger partial charge in [-0.1, -0.05) is 19.9 Å². The van der Waals surface area contributed by atoms with Gasteiger partial charge in [0, 0.05) is 11.6 Å². The first-order chi connectivity index (χ1) is 7.02. The molecule has 0 saturated carbocycles. The number of ether oxygens (including phenoxy) is 1. The van der Waals surface area contributed by atoms with E-state index in [0.29, 0.717) is 23.8 Å². The first-order valence-corrected chi connectivity index (χ1v) is 5.19. The average Bonchev–Trinajstić information content (AvgIpc) is 2.13. The molecule has 84 valence electrons. The molecule has 2 N–H and O–H groups in total. The van der Waals surface area contributed by atoms with Crippen molar-refractivity contribution in [2.45, 2.75) is 26.8 Å². The summed E-state index contributed by atoms with van der Waals surface area (Å²) in [5.41, 5.74) is 6.16. The summed E-state index contributed by atoms with van der Waals surface area (Å²) < 4.78 is 19.0. The number of hydrogen-bond donors (Lipinski definition) is 1. The number of nitrogens with two attached hydrogens (primary N) is 1. The first-order valence-electron chi connectivity index (χ1n) is 5.19. The second-order valence-corrected chi connectivity index (χ2v) is 4.15. The molecular weight excluding hydrogens is 193 g/mol. The van der Waals surface area contributed by atoms with E-state index in [1.807, 2.05) is 13.8 Å². The van der Waals surface area contributed by atoms with Crippen LogP contribution >= 0.6 is 0 Å². The molecule has 0 bridgehead atoms. The van der Waals surface area contributed by atoms with E-state index in [-0.39, 0.29) is 11.9 Å². The van der Waals surface area contributed by atoms with Gasteiger partial charge in [-0.25, -0.2) is 4.39 Å². The van der Waals surface area contributed by atoms with Gasteiger partial charge in [-0.3, -0.25) is 0 Å². The normalized spacial score (nSPS) is 12.9. The molecule has 1 aromatic carbocycles. The van der Waals surface area contributed by atoms with Crippen LogP contribution in [0.1, 0.15) is 32.4 Å². The van der Waals surface area contributed by atoms with Crippen LogP contribution < -0.4 is 10.5 Å². The molecule has 0 aliphatic heterocycles. The maximum absolute atomic E-state index is 13.5. The Morgan fingerprint density at radius 1 is 1.33 bits per heavy atom. The molecule has 0 spiro atoms. The Hall–Kier alpha value is -1.09. The molecule has 0 unspecified atom stereocenters. The molecule has 0 radical (unpaired) electrons. The molecule has 2 nitrogen and oxygen atoms in total. The number of rotatable bonds is 4. The Bertz CT molecular complexity index is 323. The topological polar surface area (TPSA) is 35.2 Å². The second-order valence-electron chi connectivity index (χ2n) is 4.15. The molecule has 0 amide bonds. The van der Waals surface area contributed by atoms with Gasteiger partial charge in [-0.05, 0) is 25.0 Å². The minimum atomic E-state index is -0.353. The molecule has 1 atom stereocenters. The monoisotopic (exact) mass is 211 g/mol. The fourth-order valence-electron chi connectivity index (χ4n) is 1.34. The molecule has 1 rings (SSSR count).